The van der Waals surface area contributed by atoms with Gasteiger partial charge in [-0.25, -0.2) is 4.39 Å². The molecule has 0 spiro atoms. The number of hydrogen-bond acceptors (Lipinski definition) is 2. The van der Waals surface area contributed by atoms with Crippen molar-refractivity contribution in [2.75, 3.05) is 0 Å². The van der Waals surface area contributed by atoms with Crippen LogP contribution in [0.5, 0.6) is 0 Å². The van der Waals surface area contributed by atoms with Gasteiger partial charge in [0.1, 0.15) is 6.10 Å². The molecule has 2 nitrogen and oxygen atoms in total. The zero-order chi connectivity index (χ0) is 8.65. The van der Waals surface area contributed by atoms with Crippen LogP contribution in [0.25, 0.3) is 0 Å². The minimum absolute atomic E-state index is 0.139. The summed E-state index contributed by atoms with van der Waals surface area (Å²) in [5.41, 5.74) is 0. The van der Waals surface area contributed by atoms with Gasteiger partial charge in [-0.2, -0.15) is 0 Å². The highest BCUT2D eigenvalue weighted by Crippen LogP contribution is 2.38. The summed E-state index contributed by atoms with van der Waals surface area (Å²) >= 11 is 0. The predicted octanol–water partition coefficient (Wildman–Crippen LogP) is 1.48. The number of ether oxygens (including phenoxy) is 1. The molecule has 1 aliphatic rings. The molecule has 0 bridgehead atoms. The Balaban J connectivity index is 2.71. The Bertz CT molecular complexity index is 147. The third-order valence-corrected chi connectivity index (χ3v) is 2.55. The van der Waals surface area contributed by atoms with E-state index in [0.29, 0.717) is 0 Å². The normalized spacial score (nSPS) is 51.5. The average molecular weight is 162 g/mol. The molecule has 2 unspecified atom stereocenters. The summed E-state index contributed by atoms with van der Waals surface area (Å²) in [6.07, 6.45) is -0.0833. The van der Waals surface area contributed by atoms with Crippen LogP contribution in [0.4, 0.5) is 4.39 Å². The quantitative estimate of drug-likeness (QED) is 0.632. The molecule has 0 saturated carbocycles. The molecule has 1 heterocycles. The molecule has 11 heavy (non-hydrogen) atoms. The fraction of sp³-hybridized carbons (Fsp3) is 1.00. The Morgan fingerprint density at radius 3 is 2.27 bits per heavy atom. The molecule has 0 amide bonds. The minimum Gasteiger partial charge on any atom is -0.369 e. The third-order valence-electron chi connectivity index (χ3n) is 2.55. The van der Waals surface area contributed by atoms with Crippen LogP contribution in [0, 0.1) is 5.92 Å². The summed E-state index contributed by atoms with van der Waals surface area (Å²) in [7, 11) is 0. The maximum Gasteiger partial charge on any atom is 0.237 e. The van der Waals surface area contributed by atoms with Gasteiger partial charge in [-0.3, -0.25) is 0 Å². The molecular formula is C8H15FO2. The smallest absolute Gasteiger partial charge is 0.237 e. The van der Waals surface area contributed by atoms with Crippen LogP contribution in [-0.4, -0.2) is 23.2 Å². The van der Waals surface area contributed by atoms with Gasteiger partial charge in [0.25, 0.3) is 0 Å². The first-order chi connectivity index (χ1) is 5.00. The van der Waals surface area contributed by atoms with Crippen molar-refractivity contribution in [3.63, 3.8) is 0 Å². The summed E-state index contributed by atoms with van der Waals surface area (Å²) in [5.74, 6) is -2.55. The number of halogens is 1. The Morgan fingerprint density at radius 1 is 1.55 bits per heavy atom. The highest BCUT2D eigenvalue weighted by Gasteiger charge is 2.51. The van der Waals surface area contributed by atoms with Crippen LogP contribution < -0.4 is 0 Å². The first-order valence-electron chi connectivity index (χ1n) is 4.06. The van der Waals surface area contributed by atoms with Crippen molar-refractivity contribution in [2.45, 2.75) is 45.3 Å². The van der Waals surface area contributed by atoms with E-state index < -0.39 is 17.9 Å². The Kier molecular flexibility index (Phi) is 2.21. The molecule has 1 aliphatic heterocycles. The molecule has 1 saturated heterocycles. The molecule has 0 aromatic carbocycles. The number of hydrogen-bond donors (Lipinski definition) is 1. The maximum absolute atomic E-state index is 13.3. The van der Waals surface area contributed by atoms with Crippen molar-refractivity contribution in [1.82, 2.24) is 0 Å². The molecule has 1 fully saturated rings. The van der Waals surface area contributed by atoms with E-state index >= 15 is 0 Å². The van der Waals surface area contributed by atoms with E-state index in [1.54, 1.807) is 13.8 Å². The Hall–Kier alpha value is -0.150. The van der Waals surface area contributed by atoms with Gasteiger partial charge >= 0.3 is 0 Å². The fourth-order valence-corrected chi connectivity index (χ4v) is 1.56. The molecule has 0 radical (unpaired) electrons. The lowest BCUT2D eigenvalue weighted by Crippen LogP contribution is -2.36. The second-order valence-corrected chi connectivity index (χ2v) is 3.24. The number of rotatable bonds is 1. The molecular weight excluding hydrogens is 147 g/mol. The van der Waals surface area contributed by atoms with Crippen molar-refractivity contribution >= 4 is 0 Å². The summed E-state index contributed by atoms with van der Waals surface area (Å²) in [6, 6.07) is 0. The first-order valence-corrected chi connectivity index (χ1v) is 4.06. The molecule has 1 N–H and O–H groups in total. The van der Waals surface area contributed by atoms with Crippen LogP contribution in [0.1, 0.15) is 27.2 Å². The standard InChI is InChI=1S/C8H15FO2/c1-4-7-5(2)8(9,10)6(3)11-7/h5-7,10H,4H2,1-3H3/t5-,6?,7+,8?/m0/s1. The van der Waals surface area contributed by atoms with E-state index in [2.05, 4.69) is 0 Å². The second kappa shape index (κ2) is 2.72. The number of alkyl halides is 1. The van der Waals surface area contributed by atoms with E-state index in [-0.39, 0.29) is 6.10 Å². The lowest BCUT2D eigenvalue weighted by Gasteiger charge is -2.20. The lowest BCUT2D eigenvalue weighted by molar-refractivity contribution is -0.145. The largest absolute Gasteiger partial charge is 0.369 e. The van der Waals surface area contributed by atoms with Crippen LogP contribution >= 0.6 is 0 Å². The fourth-order valence-electron chi connectivity index (χ4n) is 1.56. The van der Waals surface area contributed by atoms with E-state index in [9.17, 15) is 9.50 Å². The Labute approximate surface area is 66.4 Å². The van der Waals surface area contributed by atoms with Crippen molar-refractivity contribution in [2.24, 2.45) is 5.92 Å². The second-order valence-electron chi connectivity index (χ2n) is 3.24. The van der Waals surface area contributed by atoms with Crippen LogP contribution in [0.15, 0.2) is 0 Å². The zero-order valence-electron chi connectivity index (χ0n) is 7.17. The monoisotopic (exact) mass is 162 g/mol. The predicted molar refractivity (Wildman–Crippen MR) is 39.8 cm³/mol. The van der Waals surface area contributed by atoms with E-state index in [1.807, 2.05) is 6.92 Å². The molecule has 1 rings (SSSR count). The van der Waals surface area contributed by atoms with E-state index in [1.165, 1.54) is 0 Å². The van der Waals surface area contributed by atoms with Gasteiger partial charge in [-0.05, 0) is 13.3 Å². The van der Waals surface area contributed by atoms with Gasteiger partial charge in [0.2, 0.25) is 5.85 Å². The Morgan fingerprint density at radius 2 is 2.09 bits per heavy atom. The molecule has 0 aromatic heterocycles. The number of aliphatic hydroxyl groups is 1. The highest BCUT2D eigenvalue weighted by molar-refractivity contribution is 4.91. The molecule has 66 valence electrons. The minimum atomic E-state index is -2.14. The van der Waals surface area contributed by atoms with Gasteiger partial charge in [0, 0.05) is 5.92 Å². The molecule has 3 heteroatoms. The molecule has 4 atom stereocenters. The zero-order valence-corrected chi connectivity index (χ0v) is 7.17. The first kappa shape index (κ1) is 8.94. The van der Waals surface area contributed by atoms with Gasteiger partial charge < -0.3 is 9.84 Å². The van der Waals surface area contributed by atoms with Crippen molar-refractivity contribution in [3.05, 3.63) is 0 Å². The van der Waals surface area contributed by atoms with E-state index in [4.69, 9.17) is 4.74 Å². The van der Waals surface area contributed by atoms with Crippen molar-refractivity contribution < 1.29 is 14.2 Å². The average Bonchev–Trinajstić information content (AvgIpc) is 2.14. The highest BCUT2D eigenvalue weighted by atomic mass is 19.2. The molecule has 0 aromatic rings. The summed E-state index contributed by atoms with van der Waals surface area (Å²) in [4.78, 5) is 0. The SMILES string of the molecule is CC[C@H]1OC(C)C(O)(F)[C@H]1C. The summed E-state index contributed by atoms with van der Waals surface area (Å²) in [5, 5.41) is 9.24. The van der Waals surface area contributed by atoms with Crippen molar-refractivity contribution in [1.29, 1.82) is 0 Å². The van der Waals surface area contributed by atoms with Crippen LogP contribution in [0.3, 0.4) is 0 Å². The topological polar surface area (TPSA) is 29.5 Å². The lowest BCUT2D eigenvalue weighted by atomic mass is 9.95. The van der Waals surface area contributed by atoms with Gasteiger partial charge in [-0.15, -0.1) is 0 Å². The van der Waals surface area contributed by atoms with Crippen LogP contribution in [0.2, 0.25) is 0 Å². The summed E-state index contributed by atoms with van der Waals surface area (Å²) < 4.78 is 18.5. The van der Waals surface area contributed by atoms with Crippen LogP contribution in [-0.2, 0) is 4.74 Å². The van der Waals surface area contributed by atoms with E-state index in [0.717, 1.165) is 6.42 Å². The third kappa shape index (κ3) is 1.27. The van der Waals surface area contributed by atoms with Gasteiger partial charge in [0.05, 0.1) is 6.10 Å². The van der Waals surface area contributed by atoms with Gasteiger partial charge in [-0.1, -0.05) is 13.8 Å². The maximum atomic E-state index is 13.3. The van der Waals surface area contributed by atoms with Crippen molar-refractivity contribution in [3.8, 4) is 0 Å². The summed E-state index contributed by atoms with van der Waals surface area (Å²) in [6.45, 7) is 5.17. The molecule has 0 aliphatic carbocycles. The van der Waals surface area contributed by atoms with Gasteiger partial charge in [0.15, 0.2) is 0 Å².